The Kier molecular flexibility index (Phi) is 5.25. The highest BCUT2D eigenvalue weighted by molar-refractivity contribution is 7.17. The lowest BCUT2D eigenvalue weighted by atomic mass is 10.0. The van der Waals surface area contributed by atoms with Gasteiger partial charge in [-0.05, 0) is 28.5 Å². The second-order valence-electron chi connectivity index (χ2n) is 7.19. The topological polar surface area (TPSA) is 69.1 Å². The number of nitrogens with one attached hydrogen (secondary N) is 2. The lowest BCUT2D eigenvalue weighted by Gasteiger charge is -2.19. The molecular formula is C22H23N2O4S+. The van der Waals surface area contributed by atoms with Crippen LogP contribution in [-0.2, 0) is 17.7 Å². The molecule has 6 nitrogen and oxygen atoms in total. The summed E-state index contributed by atoms with van der Waals surface area (Å²) in [5, 5.41) is 5.42. The Hall–Kier alpha value is -2.90. The number of hydrogen-bond acceptors (Lipinski definition) is 5. The van der Waals surface area contributed by atoms with Crippen LogP contribution in [0.2, 0.25) is 0 Å². The Bertz CT molecular complexity index is 1110. The molecule has 0 fully saturated rings. The van der Waals surface area contributed by atoms with Gasteiger partial charge in [0, 0.05) is 6.42 Å². The highest BCUT2D eigenvalue weighted by Gasteiger charge is 2.30. The number of amides is 1. The van der Waals surface area contributed by atoms with Crippen molar-refractivity contribution in [1.29, 1.82) is 0 Å². The summed E-state index contributed by atoms with van der Waals surface area (Å²) in [6, 6.07) is 11.5. The predicted octanol–water partition coefficient (Wildman–Crippen LogP) is 2.52. The van der Waals surface area contributed by atoms with E-state index in [-0.39, 0.29) is 5.91 Å². The molecule has 2 N–H and O–H groups in total. The zero-order chi connectivity index (χ0) is 20.5. The maximum absolute atomic E-state index is 13.1. The number of carbonyl (C=O) groups is 2. The molecule has 1 aromatic heterocycles. The lowest BCUT2D eigenvalue weighted by molar-refractivity contribution is -0.895. The van der Waals surface area contributed by atoms with Crippen molar-refractivity contribution in [3.8, 4) is 5.75 Å². The number of rotatable bonds is 4. The van der Waals surface area contributed by atoms with Crippen LogP contribution in [0.5, 0.6) is 5.75 Å². The van der Waals surface area contributed by atoms with Crippen molar-refractivity contribution >= 4 is 39.0 Å². The molecule has 1 atom stereocenters. The zero-order valence-electron chi connectivity index (χ0n) is 16.6. The van der Waals surface area contributed by atoms with E-state index in [2.05, 4.69) is 12.4 Å². The molecule has 1 amide bonds. The molecule has 0 saturated carbocycles. The van der Waals surface area contributed by atoms with Gasteiger partial charge in [0.05, 0.1) is 43.8 Å². The minimum absolute atomic E-state index is 0.308. The summed E-state index contributed by atoms with van der Waals surface area (Å²) < 4.78 is 10.5. The van der Waals surface area contributed by atoms with Crippen LogP contribution in [0.3, 0.4) is 0 Å². The van der Waals surface area contributed by atoms with E-state index < -0.39 is 5.97 Å². The fourth-order valence-corrected chi connectivity index (χ4v) is 5.11. The molecule has 0 bridgehead atoms. The van der Waals surface area contributed by atoms with E-state index in [0.717, 1.165) is 40.7 Å². The lowest BCUT2D eigenvalue weighted by Crippen LogP contribution is -3.08. The number of hydrogen-bond donors (Lipinski definition) is 2. The van der Waals surface area contributed by atoms with E-state index in [1.807, 2.05) is 36.4 Å². The van der Waals surface area contributed by atoms with Crippen molar-refractivity contribution < 1.29 is 24.0 Å². The Morgan fingerprint density at radius 3 is 2.55 bits per heavy atom. The van der Waals surface area contributed by atoms with Gasteiger partial charge in [0.25, 0.3) is 5.91 Å². The molecule has 29 heavy (non-hydrogen) atoms. The smallest absolute Gasteiger partial charge is 0.341 e. The summed E-state index contributed by atoms with van der Waals surface area (Å²) in [5.74, 6) is -0.230. The number of benzene rings is 2. The predicted molar refractivity (Wildman–Crippen MR) is 113 cm³/mol. The number of fused-ring (bicyclic) bond motifs is 2. The first-order chi connectivity index (χ1) is 14.0. The third-order valence-electron chi connectivity index (χ3n) is 5.28. The zero-order valence-corrected chi connectivity index (χ0v) is 17.4. The highest BCUT2D eigenvalue weighted by atomic mass is 32.1. The second-order valence-corrected chi connectivity index (χ2v) is 8.29. The first-order valence-corrected chi connectivity index (χ1v) is 10.3. The van der Waals surface area contributed by atoms with Gasteiger partial charge in [0.15, 0.2) is 0 Å². The quantitative estimate of drug-likeness (QED) is 0.648. The maximum Gasteiger partial charge on any atom is 0.341 e. The van der Waals surface area contributed by atoms with Crippen LogP contribution in [0.4, 0.5) is 5.00 Å². The number of thiophene rings is 1. The number of carbonyl (C=O) groups excluding carboxylic acids is 2. The van der Waals surface area contributed by atoms with Crippen LogP contribution in [0, 0.1) is 0 Å². The van der Waals surface area contributed by atoms with Crippen molar-refractivity contribution in [2.24, 2.45) is 0 Å². The fraction of sp³-hybridized carbons (Fsp3) is 0.273. The van der Waals surface area contributed by atoms with E-state index in [1.54, 1.807) is 7.11 Å². The molecule has 0 radical (unpaired) electrons. The number of methoxy groups -OCH3 is 2. The SMILES string of the molecule is COC(=O)c1c(NC(=O)c2cc3ccccc3cc2OC)sc2c1CC[NH+](C)C2. The average molecular weight is 412 g/mol. The molecule has 4 rings (SSSR count). The van der Waals surface area contributed by atoms with Crippen LogP contribution < -0.4 is 15.0 Å². The Labute approximate surface area is 173 Å². The first kappa shape index (κ1) is 19.4. The molecule has 0 aliphatic carbocycles. The van der Waals surface area contributed by atoms with E-state index >= 15 is 0 Å². The van der Waals surface area contributed by atoms with Crippen LogP contribution in [0.1, 0.15) is 31.2 Å². The second kappa shape index (κ2) is 7.85. The molecule has 1 aliphatic heterocycles. The summed E-state index contributed by atoms with van der Waals surface area (Å²) in [7, 11) is 5.03. The van der Waals surface area contributed by atoms with Gasteiger partial charge in [-0.1, -0.05) is 24.3 Å². The van der Waals surface area contributed by atoms with Crippen molar-refractivity contribution in [3.05, 3.63) is 58.0 Å². The largest absolute Gasteiger partial charge is 0.496 e. The van der Waals surface area contributed by atoms with Crippen molar-refractivity contribution in [2.45, 2.75) is 13.0 Å². The molecule has 3 aromatic rings. The summed E-state index contributed by atoms with van der Waals surface area (Å²) >= 11 is 1.46. The Morgan fingerprint density at radius 2 is 1.86 bits per heavy atom. The highest BCUT2D eigenvalue weighted by Crippen LogP contribution is 2.36. The summed E-state index contributed by atoms with van der Waals surface area (Å²) in [5.41, 5.74) is 1.90. The first-order valence-electron chi connectivity index (χ1n) is 9.44. The van der Waals surface area contributed by atoms with Gasteiger partial charge in [-0.15, -0.1) is 11.3 Å². The third-order valence-corrected chi connectivity index (χ3v) is 6.43. The summed E-state index contributed by atoms with van der Waals surface area (Å²) in [6.45, 7) is 1.78. The van der Waals surface area contributed by atoms with Crippen molar-refractivity contribution in [3.63, 3.8) is 0 Å². The van der Waals surface area contributed by atoms with Gasteiger partial charge >= 0.3 is 5.97 Å². The number of likely N-dealkylation sites (N-methyl/N-ethyl adjacent to an activating group) is 1. The molecule has 1 unspecified atom stereocenters. The molecule has 1 aliphatic rings. The van der Waals surface area contributed by atoms with E-state index in [9.17, 15) is 9.59 Å². The maximum atomic E-state index is 13.1. The number of anilines is 1. The minimum atomic E-state index is -0.414. The average Bonchev–Trinajstić information content (AvgIpc) is 3.08. The van der Waals surface area contributed by atoms with Gasteiger partial charge in [-0.25, -0.2) is 4.79 Å². The van der Waals surface area contributed by atoms with Gasteiger partial charge in [-0.3, -0.25) is 4.79 Å². The standard InChI is InChI=1S/C22H22N2O4S/c1-24-9-8-15-18(12-24)29-21(19(15)22(26)28-3)23-20(25)16-10-13-6-4-5-7-14(13)11-17(16)27-2/h4-7,10-11H,8-9,12H2,1-3H3,(H,23,25)/p+1. The molecule has 2 heterocycles. The molecule has 150 valence electrons. The molecule has 2 aromatic carbocycles. The van der Waals surface area contributed by atoms with E-state index in [4.69, 9.17) is 9.47 Å². The van der Waals surface area contributed by atoms with Gasteiger partial charge < -0.3 is 19.7 Å². The third kappa shape index (κ3) is 3.59. The molecule has 7 heteroatoms. The van der Waals surface area contributed by atoms with Crippen LogP contribution in [-0.4, -0.2) is 39.7 Å². The fourth-order valence-electron chi connectivity index (χ4n) is 3.76. The summed E-state index contributed by atoms with van der Waals surface area (Å²) in [6.07, 6.45) is 0.789. The molecular weight excluding hydrogens is 388 g/mol. The molecule has 0 spiro atoms. The Morgan fingerprint density at radius 1 is 1.14 bits per heavy atom. The van der Waals surface area contributed by atoms with Gasteiger partial charge in [-0.2, -0.15) is 0 Å². The van der Waals surface area contributed by atoms with E-state index in [0.29, 0.717) is 21.9 Å². The minimum Gasteiger partial charge on any atom is -0.496 e. The number of ether oxygens (including phenoxy) is 2. The van der Waals surface area contributed by atoms with Gasteiger partial charge in [0.2, 0.25) is 0 Å². The Balaban J connectivity index is 1.74. The van der Waals surface area contributed by atoms with Crippen molar-refractivity contribution in [1.82, 2.24) is 0 Å². The van der Waals surface area contributed by atoms with E-state index in [1.165, 1.54) is 23.3 Å². The number of esters is 1. The normalized spacial score (nSPS) is 15.6. The molecule has 0 saturated heterocycles. The summed E-state index contributed by atoms with van der Waals surface area (Å²) in [4.78, 5) is 28.1. The van der Waals surface area contributed by atoms with Gasteiger partial charge in [0.1, 0.15) is 17.3 Å². The van der Waals surface area contributed by atoms with Crippen LogP contribution >= 0.6 is 11.3 Å². The van der Waals surface area contributed by atoms with Crippen LogP contribution in [0.15, 0.2) is 36.4 Å². The monoisotopic (exact) mass is 411 g/mol. The van der Waals surface area contributed by atoms with Crippen LogP contribution in [0.25, 0.3) is 10.8 Å². The van der Waals surface area contributed by atoms with Crippen molar-refractivity contribution in [2.75, 3.05) is 33.1 Å². The number of quaternary nitrogens is 1.